The minimum atomic E-state index is -0.425. The van der Waals surface area contributed by atoms with Gasteiger partial charge in [-0.1, -0.05) is 49.4 Å². The second-order valence-electron chi connectivity index (χ2n) is 10.8. The Morgan fingerprint density at radius 3 is 2.26 bits per heavy atom. The molecule has 0 bridgehead atoms. The zero-order valence-electron chi connectivity index (χ0n) is 23.6. The Bertz CT molecular complexity index is 1060. The summed E-state index contributed by atoms with van der Waals surface area (Å²) in [5.74, 6) is 1.96. The summed E-state index contributed by atoms with van der Waals surface area (Å²) >= 11 is 0. The van der Waals surface area contributed by atoms with Crippen LogP contribution in [-0.4, -0.2) is 56.0 Å². The monoisotopic (exact) mass is 524 g/mol. The predicted octanol–water partition coefficient (Wildman–Crippen LogP) is 4.96. The molecule has 0 radical (unpaired) electrons. The van der Waals surface area contributed by atoms with Gasteiger partial charge in [-0.2, -0.15) is 0 Å². The van der Waals surface area contributed by atoms with E-state index in [1.54, 1.807) is 14.2 Å². The highest BCUT2D eigenvalue weighted by molar-refractivity contribution is 5.88. The molecule has 38 heavy (non-hydrogen) atoms. The number of amidine groups is 1. The molecule has 5 N–H and O–H groups in total. The number of hydrogen-bond acceptors (Lipinski definition) is 7. The van der Waals surface area contributed by atoms with Crippen molar-refractivity contribution < 1.29 is 14.3 Å². The molecule has 9 heteroatoms. The van der Waals surface area contributed by atoms with Gasteiger partial charge in [-0.15, -0.1) is 0 Å². The lowest BCUT2D eigenvalue weighted by Crippen LogP contribution is -2.53. The van der Waals surface area contributed by atoms with Crippen LogP contribution in [0.25, 0.3) is 0 Å². The summed E-state index contributed by atoms with van der Waals surface area (Å²) < 4.78 is 11.3. The van der Waals surface area contributed by atoms with Gasteiger partial charge in [0.2, 0.25) is 5.91 Å². The van der Waals surface area contributed by atoms with Crippen LogP contribution in [0.4, 0.5) is 0 Å². The molecule has 0 spiro atoms. The molecule has 1 unspecified atom stereocenters. The van der Waals surface area contributed by atoms with Crippen LogP contribution in [0.5, 0.6) is 11.5 Å². The molecule has 208 valence electrons. The van der Waals surface area contributed by atoms with Crippen LogP contribution in [-0.2, 0) is 11.2 Å². The van der Waals surface area contributed by atoms with Gasteiger partial charge in [0.05, 0.1) is 20.3 Å². The first-order chi connectivity index (χ1) is 18.1. The van der Waals surface area contributed by atoms with Gasteiger partial charge < -0.3 is 20.5 Å². The van der Waals surface area contributed by atoms with E-state index in [9.17, 15) is 4.79 Å². The molecule has 3 rings (SSSR count). The van der Waals surface area contributed by atoms with Crippen molar-refractivity contribution in [3.8, 4) is 11.5 Å². The number of likely N-dealkylation sites (tertiary alicyclic amines) is 1. The molecule has 9 nitrogen and oxygen atoms in total. The summed E-state index contributed by atoms with van der Waals surface area (Å²) in [6.45, 7) is 10.1. The average Bonchev–Trinajstić information content (AvgIpc) is 2.90. The molecule has 0 aromatic heterocycles. The van der Waals surface area contributed by atoms with Gasteiger partial charge in [0, 0.05) is 36.2 Å². The highest BCUT2D eigenvalue weighted by Crippen LogP contribution is 2.40. The number of carbonyl (C=O) groups excluding carboxylic acids is 1. The highest BCUT2D eigenvalue weighted by Gasteiger charge is 2.41. The lowest BCUT2D eigenvalue weighted by molar-refractivity contribution is -0.134. The molecule has 2 aromatic rings. The fourth-order valence-electron chi connectivity index (χ4n) is 4.71. The van der Waals surface area contributed by atoms with Crippen LogP contribution in [0, 0.1) is 16.5 Å². The first kappa shape index (κ1) is 30.8. The van der Waals surface area contributed by atoms with E-state index >= 15 is 0 Å². The highest BCUT2D eigenvalue weighted by atomic mass is 16.5. The second kappa shape index (κ2) is 13.9. The largest absolute Gasteiger partial charge is 0.493 e. The Balaban J connectivity index is 0.00000247. The predicted molar refractivity (Wildman–Crippen MR) is 151 cm³/mol. The number of nitrogens with zero attached hydrogens (tertiary/aromatic N) is 2. The molecular weight excluding hydrogens is 480 g/mol. The Hall–Kier alpha value is -3.46. The Morgan fingerprint density at radius 2 is 1.71 bits per heavy atom. The molecule has 1 atom stereocenters. The van der Waals surface area contributed by atoms with E-state index in [-0.39, 0.29) is 17.5 Å². The van der Waals surface area contributed by atoms with Crippen LogP contribution < -0.4 is 20.5 Å². The lowest BCUT2D eigenvalue weighted by Gasteiger charge is -2.42. The minimum absolute atomic E-state index is 0.106. The molecule has 1 aliphatic rings. The molecular formula is C29H44N6O3. The maximum absolute atomic E-state index is 13.1. The third kappa shape index (κ3) is 8.02. The molecule has 0 aliphatic carbocycles. The number of piperidine rings is 1. The third-order valence-corrected chi connectivity index (χ3v) is 6.85. The second-order valence-corrected chi connectivity index (χ2v) is 10.8. The quantitative estimate of drug-likeness (QED) is 0.209. The summed E-state index contributed by atoms with van der Waals surface area (Å²) in [5.41, 5.74) is 18.2. The number of aliphatic imine (C=N–C) groups is 1. The fraction of sp³-hybridized carbons (Fsp3) is 0.517. The van der Waals surface area contributed by atoms with E-state index in [4.69, 9.17) is 31.3 Å². The topological polar surface area (TPSA) is 137 Å². The number of rotatable bonds is 9. The summed E-state index contributed by atoms with van der Waals surface area (Å²) in [5, 5.41) is 3.16. The maximum atomic E-state index is 13.1. The van der Waals surface area contributed by atoms with E-state index in [1.165, 1.54) is 5.56 Å². The molecule has 1 fully saturated rings. The number of nitrogens with one attached hydrogen (secondary N) is 3. The van der Waals surface area contributed by atoms with E-state index in [2.05, 4.69) is 29.3 Å². The van der Waals surface area contributed by atoms with Gasteiger partial charge in [0.1, 0.15) is 5.84 Å². The number of benzene rings is 2. The minimum Gasteiger partial charge on any atom is -0.493 e. The molecule has 1 heterocycles. The molecule has 2 aromatic carbocycles. The summed E-state index contributed by atoms with van der Waals surface area (Å²) in [4.78, 5) is 20.2. The first-order valence-electron chi connectivity index (χ1n) is 12.9. The lowest BCUT2D eigenvalue weighted by atomic mass is 9.78. The summed E-state index contributed by atoms with van der Waals surface area (Å²) in [6, 6.07) is 15.9. The normalized spacial score (nSPS) is 16.5. The zero-order valence-corrected chi connectivity index (χ0v) is 23.6. The number of ether oxygens (including phenoxy) is 2. The van der Waals surface area contributed by atoms with E-state index in [0.29, 0.717) is 37.0 Å². The van der Waals surface area contributed by atoms with Gasteiger partial charge in [0.25, 0.3) is 0 Å². The van der Waals surface area contributed by atoms with Gasteiger partial charge in [-0.25, -0.2) is 11.1 Å². The van der Waals surface area contributed by atoms with Crippen molar-refractivity contribution in [1.82, 2.24) is 10.2 Å². The van der Waals surface area contributed by atoms with Crippen molar-refractivity contribution in [3.05, 3.63) is 59.7 Å². The van der Waals surface area contributed by atoms with Gasteiger partial charge >= 0.3 is 0 Å². The third-order valence-electron chi connectivity index (χ3n) is 6.85. The van der Waals surface area contributed by atoms with Crippen LogP contribution in [0.15, 0.2) is 53.5 Å². The smallest absolute Gasteiger partial charge is 0.226 e. The van der Waals surface area contributed by atoms with E-state index in [1.807, 2.05) is 57.2 Å². The standard InChI is InChI=1S/C29H42N4O3.H2N2/c1-28(2,3)32-27(34)29(4)16-19-33(20-17-29)24(22-13-10-14-23(35-5)25(22)36-6)26(30)31-18-15-21-11-8-7-9-12-21;1-2/h7-14,24H,15-20H2,1-6H3,(H2,30,31)(H,32,34);1-2H. The van der Waals surface area contributed by atoms with Crippen molar-refractivity contribution in [2.75, 3.05) is 33.9 Å². The van der Waals surface area contributed by atoms with Crippen LogP contribution in [0.3, 0.4) is 0 Å². The number of para-hydroxylation sites is 1. The van der Waals surface area contributed by atoms with Crippen molar-refractivity contribution in [1.29, 1.82) is 11.1 Å². The molecule has 1 aliphatic heterocycles. The number of hydrogen-bond donors (Lipinski definition) is 4. The zero-order chi connectivity index (χ0) is 28.3. The van der Waals surface area contributed by atoms with Gasteiger partial charge in [0.15, 0.2) is 11.5 Å². The van der Waals surface area contributed by atoms with Crippen LogP contribution in [0.2, 0.25) is 0 Å². The summed E-state index contributed by atoms with van der Waals surface area (Å²) in [7, 11) is 3.28. The first-order valence-corrected chi connectivity index (χ1v) is 12.9. The number of nitrogens with two attached hydrogens (primary N) is 1. The van der Waals surface area contributed by atoms with Gasteiger partial charge in [-0.05, 0) is 51.7 Å². The van der Waals surface area contributed by atoms with E-state index in [0.717, 1.165) is 24.8 Å². The summed E-state index contributed by atoms with van der Waals surface area (Å²) in [6.07, 6.45) is 2.28. The van der Waals surface area contributed by atoms with Crippen molar-refractivity contribution in [2.24, 2.45) is 16.1 Å². The Kier molecular flexibility index (Phi) is 11.3. The van der Waals surface area contributed by atoms with Crippen molar-refractivity contribution in [2.45, 2.75) is 58.5 Å². The molecule has 1 amide bonds. The van der Waals surface area contributed by atoms with Gasteiger partial charge in [-0.3, -0.25) is 14.7 Å². The van der Waals surface area contributed by atoms with Crippen molar-refractivity contribution in [3.63, 3.8) is 0 Å². The maximum Gasteiger partial charge on any atom is 0.226 e. The van der Waals surface area contributed by atoms with Crippen LogP contribution >= 0.6 is 0 Å². The Labute approximate surface area is 227 Å². The van der Waals surface area contributed by atoms with E-state index < -0.39 is 5.41 Å². The molecule has 0 saturated carbocycles. The average molecular weight is 525 g/mol. The fourth-order valence-corrected chi connectivity index (χ4v) is 4.71. The molecule has 1 saturated heterocycles. The Morgan fingerprint density at radius 1 is 1.08 bits per heavy atom. The number of amides is 1. The van der Waals surface area contributed by atoms with Crippen molar-refractivity contribution >= 4 is 11.7 Å². The number of carbonyl (C=O) groups is 1. The number of methoxy groups -OCH3 is 2. The SMILES string of the molecule is COc1cccc(C(C(N)=NCCc2ccccc2)N2CCC(C)(C(=O)NC(C)(C)C)CC2)c1OC.N=N. The van der Waals surface area contributed by atoms with Crippen LogP contribution in [0.1, 0.15) is 57.7 Å².